The normalized spacial score (nSPS) is 14.9. The van der Waals surface area contributed by atoms with Gasteiger partial charge in [-0.2, -0.15) is 0 Å². The molecule has 1 amide bonds. The fourth-order valence-corrected chi connectivity index (χ4v) is 2.58. The second kappa shape index (κ2) is 5.53. The van der Waals surface area contributed by atoms with Crippen molar-refractivity contribution in [2.75, 3.05) is 26.0 Å². The lowest BCUT2D eigenvalue weighted by atomic mass is 10.1. The average Bonchev–Trinajstić information content (AvgIpc) is 3.21. The van der Waals surface area contributed by atoms with E-state index < -0.39 is 0 Å². The second-order valence-corrected chi connectivity index (χ2v) is 6.16. The molecule has 112 valence electrons. The molecule has 0 aliphatic heterocycles. The lowest BCUT2D eigenvalue weighted by Gasteiger charge is -2.09. The third kappa shape index (κ3) is 3.10. The van der Waals surface area contributed by atoms with Gasteiger partial charge in [0, 0.05) is 29.1 Å². The van der Waals surface area contributed by atoms with Gasteiger partial charge in [-0.15, -0.1) is 0 Å². The highest BCUT2D eigenvalue weighted by Crippen LogP contribution is 2.32. The molecule has 4 heteroatoms. The van der Waals surface area contributed by atoms with Crippen molar-refractivity contribution in [2.24, 2.45) is 5.92 Å². The molecule has 1 aromatic carbocycles. The number of hydrogen-bond acceptors (Lipinski definition) is 3. The Kier molecular flexibility index (Phi) is 3.72. The van der Waals surface area contributed by atoms with Gasteiger partial charge in [0.05, 0.1) is 0 Å². The lowest BCUT2D eigenvalue weighted by Crippen LogP contribution is -2.15. The van der Waals surface area contributed by atoms with Gasteiger partial charge >= 0.3 is 0 Å². The Hall–Kier alpha value is -1.81. The van der Waals surface area contributed by atoms with Gasteiger partial charge in [-0.25, -0.2) is 0 Å². The molecule has 0 radical (unpaired) electrons. The number of carbonyl (C=O) groups is 1. The van der Waals surface area contributed by atoms with Gasteiger partial charge in [-0.3, -0.25) is 4.79 Å². The number of nitrogens with one attached hydrogen (secondary N) is 1. The van der Waals surface area contributed by atoms with Crippen molar-refractivity contribution < 1.29 is 9.21 Å². The van der Waals surface area contributed by atoms with E-state index >= 15 is 0 Å². The number of anilines is 1. The topological polar surface area (TPSA) is 45.5 Å². The van der Waals surface area contributed by atoms with E-state index in [9.17, 15) is 4.79 Å². The molecule has 21 heavy (non-hydrogen) atoms. The van der Waals surface area contributed by atoms with Crippen LogP contribution in [0.2, 0.25) is 0 Å². The summed E-state index contributed by atoms with van der Waals surface area (Å²) in [5, 5.41) is 4.12. The zero-order chi connectivity index (χ0) is 15.0. The highest BCUT2D eigenvalue weighted by molar-refractivity contribution is 5.96. The van der Waals surface area contributed by atoms with E-state index in [0.29, 0.717) is 0 Å². The molecule has 1 fully saturated rings. The van der Waals surface area contributed by atoms with Crippen LogP contribution >= 0.6 is 0 Å². The van der Waals surface area contributed by atoms with Gasteiger partial charge in [-0.1, -0.05) is 0 Å². The molecule has 0 spiro atoms. The monoisotopic (exact) mass is 286 g/mol. The SMILES string of the molecule is Cc1oc2ccc(NC(=O)C3CC3)cc2c1CCN(C)C. The number of amides is 1. The first-order chi connectivity index (χ1) is 10.0. The van der Waals surface area contributed by atoms with Gasteiger partial charge in [0.25, 0.3) is 0 Å². The molecule has 1 saturated carbocycles. The zero-order valence-corrected chi connectivity index (χ0v) is 12.9. The lowest BCUT2D eigenvalue weighted by molar-refractivity contribution is -0.117. The number of fused-ring (bicyclic) bond motifs is 1. The first kappa shape index (κ1) is 14.1. The van der Waals surface area contributed by atoms with Gasteiger partial charge in [0.2, 0.25) is 5.91 Å². The van der Waals surface area contributed by atoms with Crippen molar-refractivity contribution in [3.63, 3.8) is 0 Å². The maximum atomic E-state index is 11.9. The van der Waals surface area contributed by atoms with Gasteiger partial charge in [0.15, 0.2) is 0 Å². The van der Waals surface area contributed by atoms with E-state index in [2.05, 4.69) is 24.3 Å². The van der Waals surface area contributed by atoms with Crippen molar-refractivity contribution in [1.29, 1.82) is 0 Å². The van der Waals surface area contributed by atoms with Crippen LogP contribution < -0.4 is 5.32 Å². The highest BCUT2D eigenvalue weighted by Gasteiger charge is 2.29. The number of aryl methyl sites for hydroxylation is 1. The van der Waals surface area contributed by atoms with E-state index in [1.165, 1.54) is 5.56 Å². The molecule has 3 rings (SSSR count). The Labute approximate surface area is 125 Å². The molecule has 1 aliphatic carbocycles. The summed E-state index contributed by atoms with van der Waals surface area (Å²) in [4.78, 5) is 14.0. The van der Waals surface area contributed by atoms with Crippen LogP contribution in [0.4, 0.5) is 5.69 Å². The first-order valence-electron chi connectivity index (χ1n) is 7.52. The van der Waals surface area contributed by atoms with E-state index in [4.69, 9.17) is 4.42 Å². The molecule has 1 aromatic heterocycles. The summed E-state index contributed by atoms with van der Waals surface area (Å²) in [5.74, 6) is 1.34. The quantitative estimate of drug-likeness (QED) is 0.918. The van der Waals surface area contributed by atoms with Crippen LogP contribution in [0.25, 0.3) is 11.0 Å². The summed E-state index contributed by atoms with van der Waals surface area (Å²) >= 11 is 0. The number of rotatable bonds is 5. The van der Waals surface area contributed by atoms with Crippen LogP contribution in [-0.2, 0) is 11.2 Å². The van der Waals surface area contributed by atoms with Crippen molar-refractivity contribution in [3.8, 4) is 0 Å². The van der Waals surface area contributed by atoms with Gasteiger partial charge < -0.3 is 14.6 Å². The summed E-state index contributed by atoms with van der Waals surface area (Å²) in [6.07, 6.45) is 2.99. The smallest absolute Gasteiger partial charge is 0.227 e. The third-order valence-electron chi connectivity index (χ3n) is 4.02. The van der Waals surface area contributed by atoms with E-state index in [1.54, 1.807) is 0 Å². The van der Waals surface area contributed by atoms with Crippen LogP contribution in [0.15, 0.2) is 22.6 Å². The minimum Gasteiger partial charge on any atom is -0.461 e. The molecule has 1 heterocycles. The van der Waals surface area contributed by atoms with E-state index in [-0.39, 0.29) is 11.8 Å². The third-order valence-corrected chi connectivity index (χ3v) is 4.02. The predicted octanol–water partition coefficient (Wildman–Crippen LogP) is 3.19. The van der Waals surface area contributed by atoms with Crippen LogP contribution in [-0.4, -0.2) is 31.4 Å². The standard InChI is InChI=1S/C17H22N2O2/c1-11-14(8-9-19(2)3)15-10-13(6-7-16(15)21-11)18-17(20)12-4-5-12/h6-7,10,12H,4-5,8-9H2,1-3H3,(H,18,20). The first-order valence-corrected chi connectivity index (χ1v) is 7.52. The number of nitrogens with zero attached hydrogens (tertiary/aromatic N) is 1. The molecule has 0 bridgehead atoms. The van der Waals surface area contributed by atoms with E-state index in [1.807, 2.05) is 25.1 Å². The Morgan fingerprint density at radius 1 is 1.38 bits per heavy atom. The average molecular weight is 286 g/mol. The number of furan rings is 1. The molecule has 4 nitrogen and oxygen atoms in total. The maximum Gasteiger partial charge on any atom is 0.227 e. The minimum absolute atomic E-state index is 0.143. The molecule has 1 N–H and O–H groups in total. The second-order valence-electron chi connectivity index (χ2n) is 6.16. The van der Waals surface area contributed by atoms with Gasteiger partial charge in [-0.05, 0) is 58.5 Å². The molecular weight excluding hydrogens is 264 g/mol. The van der Waals surface area contributed by atoms with Crippen molar-refractivity contribution >= 4 is 22.6 Å². The van der Waals surface area contributed by atoms with Gasteiger partial charge in [0.1, 0.15) is 11.3 Å². The van der Waals surface area contributed by atoms with Crippen molar-refractivity contribution in [2.45, 2.75) is 26.2 Å². The zero-order valence-electron chi connectivity index (χ0n) is 12.9. The largest absolute Gasteiger partial charge is 0.461 e. The van der Waals surface area contributed by atoms with E-state index in [0.717, 1.165) is 48.2 Å². The minimum atomic E-state index is 0.143. The number of carbonyl (C=O) groups excluding carboxylic acids is 1. The fraction of sp³-hybridized carbons (Fsp3) is 0.471. The Morgan fingerprint density at radius 2 is 2.14 bits per heavy atom. The summed E-state index contributed by atoms with van der Waals surface area (Å²) in [7, 11) is 4.14. The van der Waals surface area contributed by atoms with Crippen molar-refractivity contribution in [1.82, 2.24) is 4.90 Å². The predicted molar refractivity (Wildman–Crippen MR) is 84.6 cm³/mol. The van der Waals surface area contributed by atoms with Crippen LogP contribution in [0.5, 0.6) is 0 Å². The molecule has 1 aliphatic rings. The number of likely N-dealkylation sites (N-methyl/N-ethyl adjacent to an activating group) is 1. The fourth-order valence-electron chi connectivity index (χ4n) is 2.58. The molecule has 0 saturated heterocycles. The molecule has 2 aromatic rings. The maximum absolute atomic E-state index is 11.9. The van der Waals surface area contributed by atoms with Crippen molar-refractivity contribution in [3.05, 3.63) is 29.5 Å². The summed E-state index contributed by atoms with van der Waals surface area (Å²) in [6, 6.07) is 5.91. The molecule has 0 unspecified atom stereocenters. The Bertz CT molecular complexity index is 669. The summed E-state index contributed by atoms with van der Waals surface area (Å²) in [5.41, 5.74) is 3.00. The molecular formula is C17H22N2O2. The summed E-state index contributed by atoms with van der Waals surface area (Å²) < 4.78 is 5.82. The van der Waals surface area contributed by atoms with Crippen LogP contribution in [0, 0.1) is 12.8 Å². The number of benzene rings is 1. The highest BCUT2D eigenvalue weighted by atomic mass is 16.3. The van der Waals surface area contributed by atoms with Crippen LogP contribution in [0.3, 0.4) is 0 Å². The Morgan fingerprint density at radius 3 is 2.81 bits per heavy atom. The Balaban J connectivity index is 1.87. The molecule has 0 atom stereocenters. The van der Waals surface area contributed by atoms with Crippen LogP contribution in [0.1, 0.15) is 24.2 Å². The summed E-state index contributed by atoms with van der Waals surface area (Å²) in [6.45, 7) is 2.99. The number of hydrogen-bond donors (Lipinski definition) is 1.